The number of para-hydroxylation sites is 1. The van der Waals surface area contributed by atoms with Crippen LogP contribution < -0.4 is 10.2 Å². The van der Waals surface area contributed by atoms with Crippen LogP contribution in [0.2, 0.25) is 0 Å². The lowest BCUT2D eigenvalue weighted by Crippen LogP contribution is -2.48. The van der Waals surface area contributed by atoms with Crippen LogP contribution in [0.1, 0.15) is 24.1 Å². The first kappa shape index (κ1) is 23.6. The Kier molecular flexibility index (Phi) is 6.41. The third-order valence-corrected chi connectivity index (χ3v) is 7.65. The number of aromatic nitrogens is 3. The van der Waals surface area contributed by atoms with Gasteiger partial charge in [-0.2, -0.15) is 4.98 Å². The molecule has 0 radical (unpaired) electrons. The van der Waals surface area contributed by atoms with Crippen LogP contribution in [0.25, 0.3) is 20.8 Å². The molecule has 35 heavy (non-hydrogen) atoms. The smallest absolute Gasteiger partial charge is 0.227 e. The van der Waals surface area contributed by atoms with E-state index in [1.807, 2.05) is 73.5 Å². The van der Waals surface area contributed by atoms with Gasteiger partial charge in [0.15, 0.2) is 5.72 Å². The summed E-state index contributed by atoms with van der Waals surface area (Å²) in [5.41, 5.74) is 1.79. The molecule has 8 nitrogen and oxygen atoms in total. The van der Waals surface area contributed by atoms with Crippen LogP contribution in [0.3, 0.4) is 0 Å². The first-order valence-electron chi connectivity index (χ1n) is 11.7. The highest BCUT2D eigenvalue weighted by atomic mass is 32.1. The van der Waals surface area contributed by atoms with Gasteiger partial charge in [0.2, 0.25) is 5.95 Å². The number of aliphatic hydroxyl groups is 3. The van der Waals surface area contributed by atoms with Gasteiger partial charge >= 0.3 is 0 Å². The molecule has 3 unspecified atom stereocenters. The number of aliphatic hydroxyl groups excluding tert-OH is 2. The van der Waals surface area contributed by atoms with Crippen molar-refractivity contribution >= 4 is 33.3 Å². The first-order chi connectivity index (χ1) is 16.9. The van der Waals surface area contributed by atoms with E-state index in [9.17, 15) is 15.3 Å². The maximum atomic E-state index is 11.3. The van der Waals surface area contributed by atoms with Gasteiger partial charge in [0.05, 0.1) is 21.5 Å². The summed E-state index contributed by atoms with van der Waals surface area (Å²) in [5, 5.41) is 35.5. The number of nitrogens with one attached hydrogen (secondary N) is 1. The fourth-order valence-corrected chi connectivity index (χ4v) is 5.68. The molecule has 0 amide bonds. The number of anilines is 2. The summed E-state index contributed by atoms with van der Waals surface area (Å²) in [6, 6.07) is 18.0. The Morgan fingerprint density at radius 3 is 2.54 bits per heavy atom. The summed E-state index contributed by atoms with van der Waals surface area (Å²) >= 11 is 1.53. The van der Waals surface area contributed by atoms with Gasteiger partial charge in [-0.1, -0.05) is 42.5 Å². The number of hydrogen-bond acceptors (Lipinski definition) is 9. The minimum atomic E-state index is -1.62. The van der Waals surface area contributed by atoms with Crippen LogP contribution in [-0.4, -0.2) is 55.8 Å². The van der Waals surface area contributed by atoms with Gasteiger partial charge in [-0.25, -0.2) is 9.97 Å². The fourth-order valence-electron chi connectivity index (χ4n) is 4.62. The molecule has 0 bridgehead atoms. The van der Waals surface area contributed by atoms with Crippen LogP contribution >= 0.6 is 11.3 Å². The van der Waals surface area contributed by atoms with Gasteiger partial charge in [-0.15, -0.1) is 11.3 Å². The van der Waals surface area contributed by atoms with Crippen LogP contribution in [0, 0.1) is 12.8 Å². The molecule has 2 aromatic carbocycles. The van der Waals surface area contributed by atoms with Crippen molar-refractivity contribution in [2.24, 2.45) is 5.92 Å². The molecular formula is C26H29N5O3S. The zero-order valence-corrected chi connectivity index (χ0v) is 20.5. The number of thiazole rings is 1. The average molecular weight is 492 g/mol. The van der Waals surface area contributed by atoms with Gasteiger partial charge < -0.3 is 25.5 Å². The molecule has 2 aromatic heterocycles. The third kappa shape index (κ3) is 4.60. The Balaban J connectivity index is 1.57. The van der Waals surface area contributed by atoms with E-state index in [0.717, 1.165) is 20.8 Å². The highest BCUT2D eigenvalue weighted by molar-refractivity contribution is 7.21. The minimum absolute atomic E-state index is 0.191. The molecule has 1 aliphatic rings. The van der Waals surface area contributed by atoms with E-state index in [1.165, 1.54) is 11.3 Å². The Morgan fingerprint density at radius 2 is 1.83 bits per heavy atom. The molecule has 1 saturated carbocycles. The van der Waals surface area contributed by atoms with E-state index in [2.05, 4.69) is 5.32 Å². The van der Waals surface area contributed by atoms with Crippen LogP contribution in [0.4, 0.5) is 11.8 Å². The van der Waals surface area contributed by atoms with Crippen molar-refractivity contribution in [3.63, 3.8) is 0 Å². The van der Waals surface area contributed by atoms with E-state index in [4.69, 9.17) is 15.0 Å². The summed E-state index contributed by atoms with van der Waals surface area (Å²) < 4.78 is 1.04. The second-order valence-corrected chi connectivity index (χ2v) is 10.2. The maximum Gasteiger partial charge on any atom is 0.227 e. The average Bonchev–Trinajstić information content (AvgIpc) is 3.40. The molecule has 4 N–H and O–H groups in total. The molecule has 5 rings (SSSR count). The molecule has 2 heterocycles. The Labute approximate surface area is 207 Å². The third-order valence-electron chi connectivity index (χ3n) is 6.59. The molecule has 0 aliphatic heterocycles. The zero-order valence-electron chi connectivity index (χ0n) is 19.7. The molecular weight excluding hydrogens is 462 g/mol. The molecule has 9 heteroatoms. The largest absolute Gasteiger partial charge is 0.396 e. The SMILES string of the molecule is Cc1nc(N(C)Cc2ccccc2)nc(NC2(O)CCC(CO)C2O)c1-c1nc2ccccc2s1. The normalized spacial score (nSPS) is 22.0. The van der Waals surface area contributed by atoms with Crippen molar-refractivity contribution < 1.29 is 15.3 Å². The number of hydrogen-bond donors (Lipinski definition) is 4. The molecule has 0 saturated heterocycles. The molecule has 1 aliphatic carbocycles. The lowest BCUT2D eigenvalue weighted by atomic mass is 10.0. The number of aryl methyl sites for hydroxylation is 1. The summed E-state index contributed by atoms with van der Waals surface area (Å²) in [6.45, 7) is 2.32. The summed E-state index contributed by atoms with van der Waals surface area (Å²) in [7, 11) is 1.92. The van der Waals surface area contributed by atoms with E-state index in [-0.39, 0.29) is 13.0 Å². The van der Waals surface area contributed by atoms with Gasteiger partial charge in [-0.3, -0.25) is 0 Å². The zero-order chi connectivity index (χ0) is 24.6. The quantitative estimate of drug-likeness (QED) is 0.290. The Hall–Kier alpha value is -3.11. The van der Waals surface area contributed by atoms with Gasteiger partial charge in [0.25, 0.3) is 0 Å². The number of fused-ring (bicyclic) bond motifs is 1. The predicted molar refractivity (Wildman–Crippen MR) is 138 cm³/mol. The first-order valence-corrected chi connectivity index (χ1v) is 12.5. The molecule has 0 spiro atoms. The second kappa shape index (κ2) is 9.50. The maximum absolute atomic E-state index is 11.3. The van der Waals surface area contributed by atoms with E-state index >= 15 is 0 Å². The van der Waals surface area contributed by atoms with Crippen molar-refractivity contribution in [1.82, 2.24) is 15.0 Å². The van der Waals surface area contributed by atoms with Crippen LogP contribution in [0.15, 0.2) is 54.6 Å². The van der Waals surface area contributed by atoms with E-state index < -0.39 is 17.7 Å². The molecule has 3 atom stereocenters. The minimum Gasteiger partial charge on any atom is -0.396 e. The van der Waals surface area contributed by atoms with Gasteiger partial charge in [-0.05, 0) is 37.5 Å². The summed E-state index contributed by atoms with van der Waals surface area (Å²) in [5.74, 6) is 0.502. The van der Waals surface area contributed by atoms with Gasteiger partial charge in [0, 0.05) is 26.1 Å². The monoisotopic (exact) mass is 491 g/mol. The summed E-state index contributed by atoms with van der Waals surface area (Å²) in [6.07, 6.45) is -0.337. The van der Waals surface area contributed by atoms with Crippen molar-refractivity contribution in [3.05, 3.63) is 65.9 Å². The van der Waals surface area contributed by atoms with Crippen LogP contribution in [-0.2, 0) is 6.54 Å². The van der Waals surface area contributed by atoms with Crippen molar-refractivity contribution in [3.8, 4) is 10.6 Å². The lowest BCUT2D eigenvalue weighted by molar-refractivity contribution is -0.0545. The number of rotatable bonds is 7. The van der Waals surface area contributed by atoms with Crippen molar-refractivity contribution in [2.75, 3.05) is 23.9 Å². The second-order valence-electron chi connectivity index (χ2n) is 9.14. The van der Waals surface area contributed by atoms with Crippen LogP contribution in [0.5, 0.6) is 0 Å². The highest BCUT2D eigenvalue weighted by Crippen LogP contribution is 2.41. The standard InChI is InChI=1S/C26H29N5O3S/c1-16-21(24-28-19-10-6-7-11-20(19)35-24)23(30-26(34)13-12-18(15-32)22(26)33)29-25(27-16)31(2)14-17-8-4-3-5-9-17/h3-11,18,22,32-34H,12-15H2,1-2H3,(H,27,29,30). The molecule has 182 valence electrons. The van der Waals surface area contributed by atoms with E-state index in [1.54, 1.807) is 0 Å². The van der Waals surface area contributed by atoms with E-state index in [0.29, 0.717) is 36.0 Å². The number of nitrogens with zero attached hydrogens (tertiary/aromatic N) is 4. The fraction of sp³-hybridized carbons (Fsp3) is 0.346. The van der Waals surface area contributed by atoms with Gasteiger partial charge in [0.1, 0.15) is 16.9 Å². The van der Waals surface area contributed by atoms with Crippen molar-refractivity contribution in [2.45, 2.75) is 38.1 Å². The predicted octanol–water partition coefficient (Wildman–Crippen LogP) is 3.56. The summed E-state index contributed by atoms with van der Waals surface area (Å²) in [4.78, 5) is 16.3. The Bertz CT molecular complexity index is 1300. The number of benzene rings is 2. The Morgan fingerprint density at radius 1 is 1.09 bits per heavy atom. The topological polar surface area (TPSA) is 115 Å². The molecule has 1 fully saturated rings. The highest BCUT2D eigenvalue weighted by Gasteiger charge is 2.47. The molecule has 4 aromatic rings. The lowest BCUT2D eigenvalue weighted by Gasteiger charge is -2.31. The van der Waals surface area contributed by atoms with Crippen molar-refractivity contribution in [1.29, 1.82) is 0 Å².